The van der Waals surface area contributed by atoms with E-state index in [2.05, 4.69) is 10.3 Å². The van der Waals surface area contributed by atoms with Crippen molar-refractivity contribution in [2.24, 2.45) is 5.73 Å². The molecule has 5 rings (SSSR count). The number of carbonyl (C=O) groups is 3. The van der Waals surface area contributed by atoms with Crippen molar-refractivity contribution in [3.05, 3.63) is 112 Å². The number of nitrogens with one attached hydrogen (secondary N) is 2. The SMILES string of the molecule is NC(=O)c1ccc(C(=O)N2CC=CC2)c(C[C@@H](CCNC(=O)OCc2ccccc2)c2nc3ccc(Cl)cc3[nH]2)c1. The second kappa shape index (κ2) is 12.7. The van der Waals surface area contributed by atoms with Crippen LogP contribution in [0, 0.1) is 0 Å². The number of alkyl carbamates (subject to hydrolysis) is 1. The number of carbonyl (C=O) groups excluding carboxylic acids is 3. The van der Waals surface area contributed by atoms with Crippen LogP contribution in [0.1, 0.15) is 50.0 Å². The van der Waals surface area contributed by atoms with Crippen LogP contribution >= 0.6 is 11.6 Å². The maximum atomic E-state index is 13.4. The third kappa shape index (κ3) is 6.93. The van der Waals surface area contributed by atoms with E-state index >= 15 is 0 Å². The molecule has 0 radical (unpaired) electrons. The van der Waals surface area contributed by atoms with Crippen molar-refractivity contribution in [1.29, 1.82) is 0 Å². The van der Waals surface area contributed by atoms with Crippen molar-refractivity contribution in [3.63, 3.8) is 0 Å². The number of nitrogens with two attached hydrogens (primary N) is 1. The summed E-state index contributed by atoms with van der Waals surface area (Å²) in [5.41, 5.74) is 9.48. The Balaban J connectivity index is 1.38. The van der Waals surface area contributed by atoms with Crippen molar-refractivity contribution in [2.75, 3.05) is 19.6 Å². The molecule has 210 valence electrons. The lowest BCUT2D eigenvalue weighted by Crippen LogP contribution is -2.30. The fraction of sp³-hybridized carbons (Fsp3) is 0.226. The summed E-state index contributed by atoms with van der Waals surface area (Å²) in [4.78, 5) is 47.7. The fourth-order valence-electron chi connectivity index (χ4n) is 4.86. The van der Waals surface area contributed by atoms with Crippen LogP contribution in [0.5, 0.6) is 0 Å². The van der Waals surface area contributed by atoms with Crippen LogP contribution in [0.4, 0.5) is 4.79 Å². The Morgan fingerprint density at radius 1 is 1.05 bits per heavy atom. The molecule has 2 heterocycles. The van der Waals surface area contributed by atoms with Crippen LogP contribution in [0.2, 0.25) is 5.02 Å². The quantitative estimate of drug-likeness (QED) is 0.231. The van der Waals surface area contributed by atoms with Crippen molar-refractivity contribution in [2.45, 2.75) is 25.4 Å². The fourth-order valence-corrected chi connectivity index (χ4v) is 5.03. The van der Waals surface area contributed by atoms with Gasteiger partial charge in [-0.3, -0.25) is 9.59 Å². The van der Waals surface area contributed by atoms with E-state index in [0.29, 0.717) is 60.0 Å². The predicted octanol–water partition coefficient (Wildman–Crippen LogP) is 4.97. The molecule has 9 nitrogen and oxygen atoms in total. The number of hydrogen-bond donors (Lipinski definition) is 3. The summed E-state index contributed by atoms with van der Waals surface area (Å²) in [6, 6.07) is 19.7. The molecule has 3 aromatic carbocycles. The average Bonchev–Trinajstić information content (AvgIpc) is 3.66. The minimum Gasteiger partial charge on any atom is -0.445 e. The molecule has 0 aliphatic carbocycles. The number of halogens is 1. The Morgan fingerprint density at radius 2 is 1.83 bits per heavy atom. The maximum Gasteiger partial charge on any atom is 0.407 e. The molecule has 4 aromatic rings. The van der Waals surface area contributed by atoms with E-state index in [0.717, 1.165) is 16.6 Å². The lowest BCUT2D eigenvalue weighted by atomic mass is 9.90. The molecule has 41 heavy (non-hydrogen) atoms. The van der Waals surface area contributed by atoms with Crippen LogP contribution in [0.25, 0.3) is 11.0 Å². The van der Waals surface area contributed by atoms with Gasteiger partial charge in [-0.2, -0.15) is 0 Å². The monoisotopic (exact) mass is 571 g/mol. The average molecular weight is 572 g/mol. The molecule has 1 aliphatic rings. The normalized spacial score (nSPS) is 13.3. The summed E-state index contributed by atoms with van der Waals surface area (Å²) in [6.45, 7) is 1.51. The first-order valence-electron chi connectivity index (χ1n) is 13.3. The van der Waals surface area contributed by atoms with Crippen molar-refractivity contribution in [3.8, 4) is 0 Å². The highest BCUT2D eigenvalue weighted by Crippen LogP contribution is 2.28. The van der Waals surface area contributed by atoms with Gasteiger partial charge in [0, 0.05) is 41.7 Å². The standard InChI is InChI=1S/C31H30ClN5O4/c32-24-9-11-26-27(18-24)36-29(35-26)22(12-13-34-31(40)41-19-20-6-2-1-3-7-20)17-23-16-21(28(33)38)8-10-25(23)30(39)37-14-4-5-15-37/h1-11,16,18,22H,12-15,17,19H2,(H2,33,38)(H,34,40)(H,35,36)/t22-/m1/s1. The number of imidazole rings is 1. The summed E-state index contributed by atoms with van der Waals surface area (Å²) in [5, 5.41) is 3.39. The lowest BCUT2D eigenvalue weighted by molar-refractivity contribution is 0.0798. The molecule has 1 aromatic heterocycles. The summed E-state index contributed by atoms with van der Waals surface area (Å²) in [5.74, 6) is -0.279. The van der Waals surface area contributed by atoms with E-state index in [1.807, 2.05) is 48.6 Å². The van der Waals surface area contributed by atoms with Crippen molar-refractivity contribution >= 4 is 40.5 Å². The van der Waals surface area contributed by atoms with E-state index in [1.54, 1.807) is 35.2 Å². The third-order valence-corrected chi connectivity index (χ3v) is 7.25. The summed E-state index contributed by atoms with van der Waals surface area (Å²) in [6.07, 6.45) is 4.21. The zero-order valence-electron chi connectivity index (χ0n) is 22.3. The van der Waals surface area contributed by atoms with Crippen molar-refractivity contribution in [1.82, 2.24) is 20.2 Å². The lowest BCUT2D eigenvalue weighted by Gasteiger charge is -2.21. The largest absolute Gasteiger partial charge is 0.445 e. The van der Waals surface area contributed by atoms with Gasteiger partial charge >= 0.3 is 6.09 Å². The Morgan fingerprint density at radius 3 is 2.59 bits per heavy atom. The first-order chi connectivity index (χ1) is 19.9. The van der Waals surface area contributed by atoms with Gasteiger partial charge in [-0.05, 0) is 60.4 Å². The van der Waals surface area contributed by atoms with Crippen LogP contribution in [0.3, 0.4) is 0 Å². The Bertz CT molecular complexity index is 1590. The third-order valence-electron chi connectivity index (χ3n) is 7.02. The topological polar surface area (TPSA) is 130 Å². The smallest absolute Gasteiger partial charge is 0.407 e. The molecule has 10 heteroatoms. The molecule has 4 N–H and O–H groups in total. The van der Waals surface area contributed by atoms with Crippen molar-refractivity contribution < 1.29 is 19.1 Å². The molecule has 0 bridgehead atoms. The van der Waals surface area contributed by atoms with E-state index in [9.17, 15) is 14.4 Å². The Hall–Kier alpha value is -4.63. The number of fused-ring (bicyclic) bond motifs is 1. The summed E-state index contributed by atoms with van der Waals surface area (Å²) in [7, 11) is 0. The first kappa shape index (κ1) is 27.9. The predicted molar refractivity (Wildman–Crippen MR) is 157 cm³/mol. The zero-order chi connectivity index (χ0) is 28.8. The highest BCUT2D eigenvalue weighted by atomic mass is 35.5. The molecule has 0 saturated heterocycles. The second-order valence-corrected chi connectivity index (χ2v) is 10.3. The highest BCUT2D eigenvalue weighted by molar-refractivity contribution is 6.31. The van der Waals surface area contributed by atoms with E-state index in [1.165, 1.54) is 0 Å². The summed E-state index contributed by atoms with van der Waals surface area (Å²) >= 11 is 6.19. The van der Waals surface area contributed by atoms with Gasteiger partial charge in [0.25, 0.3) is 5.91 Å². The van der Waals surface area contributed by atoms with Gasteiger partial charge in [0.2, 0.25) is 5.91 Å². The van der Waals surface area contributed by atoms with Gasteiger partial charge < -0.3 is 25.7 Å². The number of hydrogen-bond acceptors (Lipinski definition) is 5. The first-order valence-corrected chi connectivity index (χ1v) is 13.7. The molecule has 0 saturated carbocycles. The van der Waals surface area contributed by atoms with Gasteiger partial charge in [-0.1, -0.05) is 54.1 Å². The number of H-pyrrole nitrogens is 1. The number of aromatic nitrogens is 2. The molecule has 0 fully saturated rings. The zero-order valence-corrected chi connectivity index (χ0v) is 23.1. The minimum atomic E-state index is -0.578. The number of aromatic amines is 1. The van der Waals surface area contributed by atoms with Crippen LogP contribution < -0.4 is 11.1 Å². The number of nitrogens with zero attached hydrogens (tertiary/aromatic N) is 2. The van der Waals surface area contributed by atoms with E-state index in [-0.39, 0.29) is 18.4 Å². The van der Waals surface area contributed by atoms with Gasteiger partial charge in [0.15, 0.2) is 0 Å². The number of amides is 3. The number of ether oxygens (including phenoxy) is 1. The van der Waals surface area contributed by atoms with Crippen LogP contribution in [0.15, 0.2) is 78.9 Å². The van der Waals surface area contributed by atoms with Crippen LogP contribution in [-0.2, 0) is 17.8 Å². The van der Waals surface area contributed by atoms with E-state index < -0.39 is 12.0 Å². The molecule has 1 aliphatic heterocycles. The minimum absolute atomic E-state index is 0.126. The highest BCUT2D eigenvalue weighted by Gasteiger charge is 2.24. The molecular weight excluding hydrogens is 542 g/mol. The molecule has 0 spiro atoms. The molecular formula is C31H30ClN5O4. The molecule has 1 atom stereocenters. The molecule has 3 amide bonds. The molecule has 0 unspecified atom stereocenters. The van der Waals surface area contributed by atoms with Crippen LogP contribution in [-0.4, -0.2) is 52.4 Å². The van der Waals surface area contributed by atoms with Gasteiger partial charge in [-0.15, -0.1) is 0 Å². The summed E-state index contributed by atoms with van der Waals surface area (Å²) < 4.78 is 5.35. The van der Waals surface area contributed by atoms with E-state index in [4.69, 9.17) is 27.1 Å². The number of benzene rings is 3. The maximum absolute atomic E-state index is 13.4. The number of primary amides is 1. The number of rotatable bonds is 10. The van der Waals surface area contributed by atoms with Gasteiger partial charge in [0.1, 0.15) is 12.4 Å². The Kier molecular flexibility index (Phi) is 8.64. The van der Waals surface area contributed by atoms with Gasteiger partial charge in [0.05, 0.1) is 11.0 Å². The Labute approximate surface area is 242 Å². The van der Waals surface area contributed by atoms with Gasteiger partial charge in [-0.25, -0.2) is 9.78 Å². The second-order valence-electron chi connectivity index (χ2n) is 9.88.